The SMILES string of the molecule is COc1cc(C=C2SC(=S)NC2=O)cc2c1OCC(=O)N2Cc1ccccc1. The monoisotopic (exact) mass is 412 g/mol. The first-order valence-corrected chi connectivity index (χ1v) is 9.71. The zero-order valence-electron chi connectivity index (χ0n) is 14.9. The minimum absolute atomic E-state index is 0.0524. The molecule has 0 saturated carbocycles. The number of rotatable bonds is 4. The minimum atomic E-state index is -0.236. The summed E-state index contributed by atoms with van der Waals surface area (Å²) in [5.41, 5.74) is 2.33. The summed E-state index contributed by atoms with van der Waals surface area (Å²) in [5.74, 6) is 0.637. The molecule has 0 radical (unpaired) electrons. The molecule has 4 rings (SSSR count). The van der Waals surface area contributed by atoms with Crippen LogP contribution in [-0.4, -0.2) is 29.9 Å². The summed E-state index contributed by atoms with van der Waals surface area (Å²) >= 11 is 6.24. The lowest BCUT2D eigenvalue weighted by molar-refractivity contribution is -0.121. The maximum absolute atomic E-state index is 12.6. The van der Waals surface area contributed by atoms with Gasteiger partial charge in [0.2, 0.25) is 0 Å². The second kappa shape index (κ2) is 7.65. The molecule has 0 atom stereocenters. The molecule has 2 aromatic carbocycles. The molecule has 0 unspecified atom stereocenters. The number of thioether (sulfide) groups is 1. The summed E-state index contributed by atoms with van der Waals surface area (Å²) in [4.78, 5) is 26.7. The van der Waals surface area contributed by atoms with Gasteiger partial charge in [-0.05, 0) is 29.3 Å². The van der Waals surface area contributed by atoms with Gasteiger partial charge in [-0.1, -0.05) is 54.3 Å². The standard InChI is InChI=1S/C20H16N2O4S2/c1-25-15-8-13(9-16-19(24)21-20(27)28-16)7-14-18(15)26-11-17(23)22(14)10-12-5-3-2-4-6-12/h2-9H,10-11H2,1H3,(H,21,24,27). The number of hydrogen-bond acceptors (Lipinski definition) is 6. The summed E-state index contributed by atoms with van der Waals surface area (Å²) in [6.07, 6.45) is 1.72. The van der Waals surface area contributed by atoms with Crippen LogP contribution in [0.5, 0.6) is 11.5 Å². The van der Waals surface area contributed by atoms with Crippen LogP contribution in [0.2, 0.25) is 0 Å². The summed E-state index contributed by atoms with van der Waals surface area (Å²) in [7, 11) is 1.54. The number of benzene rings is 2. The molecular formula is C20H16N2O4S2. The first-order valence-electron chi connectivity index (χ1n) is 8.49. The zero-order valence-corrected chi connectivity index (χ0v) is 16.6. The van der Waals surface area contributed by atoms with Crippen LogP contribution >= 0.6 is 24.0 Å². The lowest BCUT2D eigenvalue weighted by Crippen LogP contribution is -2.38. The predicted octanol–water partition coefficient (Wildman–Crippen LogP) is 3.11. The fourth-order valence-electron chi connectivity index (χ4n) is 3.05. The number of amides is 2. The minimum Gasteiger partial charge on any atom is -0.493 e. The Hall–Kier alpha value is -2.84. The molecule has 0 bridgehead atoms. The highest BCUT2D eigenvalue weighted by Gasteiger charge is 2.29. The Kier molecular flexibility index (Phi) is 5.06. The number of thiocarbonyl (C=S) groups is 1. The molecular weight excluding hydrogens is 396 g/mol. The van der Waals surface area contributed by atoms with Crippen molar-refractivity contribution in [3.05, 3.63) is 58.5 Å². The maximum Gasteiger partial charge on any atom is 0.265 e. The normalized spacial score (nSPS) is 17.4. The first kappa shape index (κ1) is 18.5. The van der Waals surface area contributed by atoms with Crippen molar-refractivity contribution in [1.29, 1.82) is 0 Å². The third-order valence-electron chi connectivity index (χ3n) is 4.33. The number of ether oxygens (including phenoxy) is 2. The molecule has 28 heavy (non-hydrogen) atoms. The Balaban J connectivity index is 1.76. The smallest absolute Gasteiger partial charge is 0.265 e. The van der Waals surface area contributed by atoms with Crippen molar-refractivity contribution in [2.75, 3.05) is 18.6 Å². The van der Waals surface area contributed by atoms with Gasteiger partial charge in [0.05, 0.1) is 24.2 Å². The Morgan fingerprint density at radius 2 is 2.07 bits per heavy atom. The number of anilines is 1. The van der Waals surface area contributed by atoms with Crippen LogP contribution in [0, 0.1) is 0 Å². The Morgan fingerprint density at radius 3 is 2.75 bits per heavy atom. The van der Waals surface area contributed by atoms with E-state index in [4.69, 9.17) is 21.7 Å². The van der Waals surface area contributed by atoms with Gasteiger partial charge in [0, 0.05) is 0 Å². The Labute approximate surface area is 171 Å². The summed E-state index contributed by atoms with van der Waals surface area (Å²) in [6, 6.07) is 13.3. The number of nitrogens with zero attached hydrogens (tertiary/aromatic N) is 1. The van der Waals surface area contributed by atoms with Crippen molar-refractivity contribution in [3.63, 3.8) is 0 Å². The van der Waals surface area contributed by atoms with Crippen LogP contribution in [0.25, 0.3) is 6.08 Å². The Morgan fingerprint density at radius 1 is 1.29 bits per heavy atom. The summed E-state index contributed by atoms with van der Waals surface area (Å²) in [5, 5.41) is 2.59. The molecule has 142 valence electrons. The molecule has 1 saturated heterocycles. The quantitative estimate of drug-likeness (QED) is 0.615. The molecule has 0 aromatic heterocycles. The van der Waals surface area contributed by atoms with Crippen molar-refractivity contribution >= 4 is 51.9 Å². The summed E-state index contributed by atoms with van der Waals surface area (Å²) in [6.45, 7) is 0.363. The van der Waals surface area contributed by atoms with E-state index in [9.17, 15) is 9.59 Å². The second-order valence-corrected chi connectivity index (χ2v) is 7.90. The predicted molar refractivity (Wildman–Crippen MR) is 112 cm³/mol. The van der Waals surface area contributed by atoms with Gasteiger partial charge in [0.1, 0.15) is 4.32 Å². The zero-order chi connectivity index (χ0) is 19.7. The number of nitrogens with one attached hydrogen (secondary N) is 1. The van der Waals surface area contributed by atoms with Crippen molar-refractivity contribution in [1.82, 2.24) is 5.32 Å². The third kappa shape index (κ3) is 3.61. The number of carbonyl (C=O) groups excluding carboxylic acids is 2. The van der Waals surface area contributed by atoms with Gasteiger partial charge >= 0.3 is 0 Å². The van der Waals surface area contributed by atoms with Crippen LogP contribution in [-0.2, 0) is 16.1 Å². The number of fused-ring (bicyclic) bond motifs is 1. The van der Waals surface area contributed by atoms with Gasteiger partial charge in [0.25, 0.3) is 11.8 Å². The highest BCUT2D eigenvalue weighted by atomic mass is 32.2. The van der Waals surface area contributed by atoms with E-state index < -0.39 is 0 Å². The largest absolute Gasteiger partial charge is 0.493 e. The van der Waals surface area contributed by atoms with E-state index in [2.05, 4.69) is 5.32 Å². The lowest BCUT2D eigenvalue weighted by Gasteiger charge is -2.30. The van der Waals surface area contributed by atoms with E-state index >= 15 is 0 Å². The van der Waals surface area contributed by atoms with E-state index in [0.29, 0.717) is 38.5 Å². The molecule has 2 heterocycles. The van der Waals surface area contributed by atoms with Gasteiger partial charge in [-0.2, -0.15) is 0 Å². The lowest BCUT2D eigenvalue weighted by atomic mass is 10.1. The van der Waals surface area contributed by atoms with E-state index in [1.807, 2.05) is 36.4 Å². The average molecular weight is 412 g/mol. The highest BCUT2D eigenvalue weighted by Crippen LogP contribution is 2.43. The van der Waals surface area contributed by atoms with Crippen LogP contribution < -0.4 is 19.7 Å². The molecule has 2 aliphatic rings. The van der Waals surface area contributed by atoms with E-state index in [-0.39, 0.29) is 18.4 Å². The molecule has 2 amide bonds. The van der Waals surface area contributed by atoms with Crippen LogP contribution in [0.4, 0.5) is 5.69 Å². The molecule has 0 aliphatic carbocycles. The first-order chi connectivity index (χ1) is 13.5. The van der Waals surface area contributed by atoms with Gasteiger partial charge in [-0.15, -0.1) is 0 Å². The van der Waals surface area contributed by atoms with Crippen LogP contribution in [0.15, 0.2) is 47.4 Å². The molecule has 2 aliphatic heterocycles. The fraction of sp³-hybridized carbons (Fsp3) is 0.150. The van der Waals surface area contributed by atoms with Gasteiger partial charge in [-0.3, -0.25) is 9.59 Å². The number of methoxy groups -OCH3 is 1. The number of carbonyl (C=O) groups is 2. The fourth-order valence-corrected chi connectivity index (χ4v) is 4.09. The molecule has 6 nitrogen and oxygen atoms in total. The number of hydrogen-bond donors (Lipinski definition) is 1. The topological polar surface area (TPSA) is 67.9 Å². The van der Waals surface area contributed by atoms with Gasteiger partial charge in [-0.25, -0.2) is 0 Å². The maximum atomic E-state index is 12.6. The van der Waals surface area contributed by atoms with Crippen molar-refractivity contribution in [3.8, 4) is 11.5 Å². The highest BCUT2D eigenvalue weighted by molar-refractivity contribution is 8.26. The van der Waals surface area contributed by atoms with Crippen molar-refractivity contribution < 1.29 is 19.1 Å². The van der Waals surface area contributed by atoms with E-state index in [1.54, 1.807) is 24.2 Å². The van der Waals surface area contributed by atoms with E-state index in [0.717, 1.165) is 5.56 Å². The van der Waals surface area contributed by atoms with Crippen molar-refractivity contribution in [2.45, 2.75) is 6.54 Å². The second-order valence-electron chi connectivity index (χ2n) is 6.18. The molecule has 1 fully saturated rings. The molecule has 2 aromatic rings. The Bertz CT molecular complexity index is 1000. The third-order valence-corrected chi connectivity index (χ3v) is 5.50. The average Bonchev–Trinajstić information content (AvgIpc) is 3.01. The molecule has 0 spiro atoms. The summed E-state index contributed by atoms with van der Waals surface area (Å²) < 4.78 is 11.5. The molecule has 1 N–H and O–H groups in total. The van der Waals surface area contributed by atoms with Crippen LogP contribution in [0.1, 0.15) is 11.1 Å². The van der Waals surface area contributed by atoms with Crippen molar-refractivity contribution in [2.24, 2.45) is 0 Å². The van der Waals surface area contributed by atoms with E-state index in [1.165, 1.54) is 11.8 Å². The van der Waals surface area contributed by atoms with Crippen LogP contribution in [0.3, 0.4) is 0 Å². The molecule has 8 heteroatoms. The van der Waals surface area contributed by atoms with Gasteiger partial charge in [0.15, 0.2) is 18.1 Å². The van der Waals surface area contributed by atoms with Gasteiger partial charge < -0.3 is 19.7 Å².